The minimum atomic E-state index is -0.369. The van der Waals surface area contributed by atoms with Crippen LogP contribution < -0.4 is 14.8 Å². The molecule has 1 heterocycles. The number of amides is 3. The van der Waals surface area contributed by atoms with Gasteiger partial charge >= 0.3 is 0 Å². The summed E-state index contributed by atoms with van der Waals surface area (Å²) in [6.07, 6.45) is 1.64. The number of para-hydroxylation sites is 1. The Kier molecular flexibility index (Phi) is 8.55. The van der Waals surface area contributed by atoms with E-state index in [1.807, 2.05) is 18.2 Å². The van der Waals surface area contributed by atoms with E-state index >= 15 is 0 Å². The third-order valence-corrected chi connectivity index (χ3v) is 7.04. The molecule has 1 aliphatic heterocycles. The number of hydrogen-bond acceptors (Lipinski definition) is 6. The Labute approximate surface area is 230 Å². The first-order chi connectivity index (χ1) is 17.3. The van der Waals surface area contributed by atoms with Gasteiger partial charge in [0.2, 0.25) is 0 Å². The molecule has 0 bridgehead atoms. The van der Waals surface area contributed by atoms with Crippen LogP contribution in [0.5, 0.6) is 11.5 Å². The minimum absolute atomic E-state index is 0.165. The van der Waals surface area contributed by atoms with E-state index in [-0.39, 0.29) is 30.2 Å². The highest BCUT2D eigenvalue weighted by molar-refractivity contribution is 14.1. The van der Waals surface area contributed by atoms with E-state index in [2.05, 4.69) is 27.9 Å². The first-order valence-corrected chi connectivity index (χ1v) is 13.0. The zero-order valence-electron chi connectivity index (χ0n) is 19.0. The molecular formula is C26H20ClIN2O5S. The fourth-order valence-corrected chi connectivity index (χ4v) is 5.12. The van der Waals surface area contributed by atoms with Crippen molar-refractivity contribution >= 4 is 74.8 Å². The number of nitrogens with zero attached hydrogens (tertiary/aromatic N) is 1. The molecule has 10 heteroatoms. The van der Waals surface area contributed by atoms with Crippen molar-refractivity contribution in [3.8, 4) is 11.5 Å². The Hall–Kier alpha value is -3.02. The molecule has 1 saturated heterocycles. The molecule has 1 N–H and O–H groups in total. The quantitative estimate of drug-likeness (QED) is 0.235. The first-order valence-electron chi connectivity index (χ1n) is 10.7. The van der Waals surface area contributed by atoms with Crippen LogP contribution in [0.15, 0.2) is 71.6 Å². The number of imide groups is 1. The van der Waals surface area contributed by atoms with Crippen LogP contribution >= 0.6 is 46.0 Å². The molecule has 1 fully saturated rings. The van der Waals surface area contributed by atoms with Crippen LogP contribution in [0.2, 0.25) is 5.02 Å². The summed E-state index contributed by atoms with van der Waals surface area (Å²) in [6, 6.07) is 19.6. The predicted octanol–water partition coefficient (Wildman–Crippen LogP) is 6.21. The van der Waals surface area contributed by atoms with Gasteiger partial charge in [-0.05, 0) is 88.0 Å². The lowest BCUT2D eigenvalue weighted by atomic mass is 10.1. The van der Waals surface area contributed by atoms with Crippen LogP contribution in [0.4, 0.5) is 10.5 Å². The Morgan fingerprint density at radius 3 is 2.53 bits per heavy atom. The van der Waals surface area contributed by atoms with Gasteiger partial charge in [0.1, 0.15) is 0 Å². The van der Waals surface area contributed by atoms with Gasteiger partial charge < -0.3 is 14.8 Å². The number of anilines is 1. The molecule has 36 heavy (non-hydrogen) atoms. The molecule has 0 spiro atoms. The number of ether oxygens (including phenoxy) is 2. The molecule has 0 aromatic heterocycles. The Bertz CT molecular complexity index is 1330. The number of carbonyl (C=O) groups excluding carboxylic acids is 3. The number of benzene rings is 3. The summed E-state index contributed by atoms with van der Waals surface area (Å²) >= 11 is 8.88. The summed E-state index contributed by atoms with van der Waals surface area (Å²) in [5, 5.41) is 3.01. The number of methoxy groups -OCH3 is 1. The van der Waals surface area contributed by atoms with Crippen LogP contribution in [-0.2, 0) is 16.1 Å². The average molecular weight is 635 g/mol. The lowest BCUT2D eigenvalue weighted by Gasteiger charge is -2.14. The molecule has 4 rings (SSSR count). The zero-order valence-corrected chi connectivity index (χ0v) is 22.7. The van der Waals surface area contributed by atoms with Gasteiger partial charge in [0.15, 0.2) is 18.1 Å². The van der Waals surface area contributed by atoms with E-state index < -0.39 is 0 Å². The number of thioether (sulfide) groups is 1. The van der Waals surface area contributed by atoms with Gasteiger partial charge in [-0.2, -0.15) is 0 Å². The van der Waals surface area contributed by atoms with Crippen LogP contribution in [0.3, 0.4) is 0 Å². The molecule has 7 nitrogen and oxygen atoms in total. The Morgan fingerprint density at radius 2 is 1.83 bits per heavy atom. The summed E-state index contributed by atoms with van der Waals surface area (Å²) in [5.74, 6) is 0.139. The maximum absolute atomic E-state index is 12.9. The molecule has 3 aromatic carbocycles. The minimum Gasteiger partial charge on any atom is -0.493 e. The molecule has 0 aliphatic carbocycles. The maximum Gasteiger partial charge on any atom is 0.293 e. The van der Waals surface area contributed by atoms with Gasteiger partial charge in [-0.1, -0.05) is 41.9 Å². The van der Waals surface area contributed by atoms with Crippen LogP contribution in [-0.4, -0.2) is 35.7 Å². The second-order valence-corrected chi connectivity index (χ2v) is 10.2. The molecule has 3 amide bonds. The lowest BCUT2D eigenvalue weighted by molar-refractivity contribution is -0.123. The van der Waals surface area contributed by atoms with Crippen molar-refractivity contribution in [2.24, 2.45) is 0 Å². The van der Waals surface area contributed by atoms with Crippen molar-refractivity contribution in [3.63, 3.8) is 0 Å². The molecule has 0 unspecified atom stereocenters. The van der Waals surface area contributed by atoms with Crippen molar-refractivity contribution in [2.45, 2.75) is 6.54 Å². The van der Waals surface area contributed by atoms with Crippen molar-refractivity contribution < 1.29 is 23.9 Å². The number of hydrogen-bond donors (Lipinski definition) is 1. The van der Waals surface area contributed by atoms with Crippen LogP contribution in [0, 0.1) is 3.57 Å². The second-order valence-electron chi connectivity index (χ2n) is 7.63. The van der Waals surface area contributed by atoms with Gasteiger partial charge in [-0.15, -0.1) is 0 Å². The SMILES string of the molecule is COc1cc(/C=C2\SC(=O)N(Cc3ccc(Cl)cc3)C2=O)cc(I)c1OCC(=O)Nc1ccccc1. The standard InChI is InChI=1S/C26H20ClIN2O5S/c1-34-21-12-17(11-20(28)24(21)35-15-23(31)29-19-5-3-2-4-6-19)13-22-25(32)30(26(33)36-22)14-16-7-9-18(27)10-8-16/h2-13H,14-15H2,1H3,(H,29,31)/b22-13-. The van der Waals surface area contributed by atoms with E-state index in [9.17, 15) is 14.4 Å². The summed E-state index contributed by atoms with van der Waals surface area (Å²) < 4.78 is 11.9. The molecular weight excluding hydrogens is 615 g/mol. The summed E-state index contributed by atoms with van der Waals surface area (Å²) in [6.45, 7) is -0.0396. The monoisotopic (exact) mass is 634 g/mol. The van der Waals surface area contributed by atoms with E-state index in [4.69, 9.17) is 21.1 Å². The smallest absolute Gasteiger partial charge is 0.293 e. The number of halogens is 2. The van der Waals surface area contributed by atoms with E-state index in [1.54, 1.807) is 54.6 Å². The first kappa shape index (κ1) is 26.1. The van der Waals surface area contributed by atoms with Crippen molar-refractivity contribution in [1.82, 2.24) is 4.90 Å². The topological polar surface area (TPSA) is 84.9 Å². The fourth-order valence-electron chi connectivity index (χ4n) is 3.38. The third-order valence-electron chi connectivity index (χ3n) is 5.08. The number of nitrogens with one attached hydrogen (secondary N) is 1. The molecule has 1 aliphatic rings. The van der Waals surface area contributed by atoms with Crippen LogP contribution in [0.1, 0.15) is 11.1 Å². The molecule has 184 valence electrons. The molecule has 3 aromatic rings. The summed E-state index contributed by atoms with van der Waals surface area (Å²) in [7, 11) is 1.49. The number of rotatable bonds is 8. The lowest BCUT2D eigenvalue weighted by Crippen LogP contribution is -2.27. The Balaban J connectivity index is 1.46. The second kappa shape index (κ2) is 11.8. The number of carbonyl (C=O) groups is 3. The fraction of sp³-hybridized carbons (Fsp3) is 0.115. The van der Waals surface area contributed by atoms with Crippen molar-refractivity contribution in [3.05, 3.63) is 91.4 Å². The van der Waals surface area contributed by atoms with Gasteiger partial charge in [-0.3, -0.25) is 19.3 Å². The average Bonchev–Trinajstić information content (AvgIpc) is 3.12. The molecule has 0 radical (unpaired) electrons. The predicted molar refractivity (Wildman–Crippen MR) is 149 cm³/mol. The largest absolute Gasteiger partial charge is 0.493 e. The van der Waals surface area contributed by atoms with Crippen LogP contribution in [0.25, 0.3) is 6.08 Å². The van der Waals surface area contributed by atoms with E-state index in [0.29, 0.717) is 36.2 Å². The van der Waals surface area contributed by atoms with E-state index in [0.717, 1.165) is 17.3 Å². The molecule has 0 atom stereocenters. The van der Waals surface area contributed by atoms with Gasteiger partial charge in [0, 0.05) is 10.7 Å². The van der Waals surface area contributed by atoms with E-state index in [1.165, 1.54) is 12.0 Å². The maximum atomic E-state index is 12.9. The molecule has 0 saturated carbocycles. The highest BCUT2D eigenvalue weighted by Crippen LogP contribution is 2.37. The normalized spacial score (nSPS) is 14.3. The summed E-state index contributed by atoms with van der Waals surface area (Å²) in [4.78, 5) is 39.2. The Morgan fingerprint density at radius 1 is 1.11 bits per heavy atom. The van der Waals surface area contributed by atoms with Crippen molar-refractivity contribution in [2.75, 3.05) is 19.0 Å². The zero-order chi connectivity index (χ0) is 25.7. The van der Waals surface area contributed by atoms with Gasteiger partial charge in [0.05, 0.1) is 22.1 Å². The van der Waals surface area contributed by atoms with Gasteiger partial charge in [-0.25, -0.2) is 0 Å². The highest BCUT2D eigenvalue weighted by atomic mass is 127. The van der Waals surface area contributed by atoms with Gasteiger partial charge in [0.25, 0.3) is 17.1 Å². The summed E-state index contributed by atoms with van der Waals surface area (Å²) in [5.41, 5.74) is 2.14. The van der Waals surface area contributed by atoms with Crippen molar-refractivity contribution in [1.29, 1.82) is 0 Å². The highest BCUT2D eigenvalue weighted by Gasteiger charge is 2.35. The third kappa shape index (κ3) is 6.40.